The number of benzene rings is 1. The zero-order valence-corrected chi connectivity index (χ0v) is 9.16. The second-order valence-electron chi connectivity index (χ2n) is 4.39. The minimum absolute atomic E-state index is 0.0388. The van der Waals surface area contributed by atoms with E-state index < -0.39 is 5.60 Å². The molecule has 16 heavy (non-hydrogen) atoms. The van der Waals surface area contributed by atoms with Crippen LogP contribution in [0.2, 0.25) is 0 Å². The molecule has 4 nitrogen and oxygen atoms in total. The molecule has 1 aromatic rings. The molecule has 0 saturated heterocycles. The van der Waals surface area contributed by atoms with Crippen molar-refractivity contribution < 1.29 is 15.0 Å². The maximum Gasteiger partial charge on any atom is 0.221 e. The van der Waals surface area contributed by atoms with E-state index in [0.717, 1.165) is 18.4 Å². The van der Waals surface area contributed by atoms with E-state index in [1.54, 1.807) is 12.1 Å². The average molecular weight is 221 g/mol. The highest BCUT2D eigenvalue weighted by Gasteiger charge is 2.40. The Hall–Kier alpha value is -1.55. The number of para-hydroxylation sites is 1. The summed E-state index contributed by atoms with van der Waals surface area (Å²) in [5, 5.41) is 22.1. The van der Waals surface area contributed by atoms with E-state index in [0.29, 0.717) is 12.1 Å². The highest BCUT2D eigenvalue weighted by atomic mass is 16.3. The third-order valence-electron chi connectivity index (χ3n) is 2.78. The predicted molar refractivity (Wildman–Crippen MR) is 60.3 cm³/mol. The molecule has 1 aliphatic carbocycles. The van der Waals surface area contributed by atoms with Crippen molar-refractivity contribution in [1.29, 1.82) is 0 Å². The molecule has 0 heterocycles. The van der Waals surface area contributed by atoms with Crippen molar-refractivity contribution in [3.63, 3.8) is 0 Å². The number of rotatable bonds is 3. The predicted octanol–water partition coefficient (Wildman–Crippen LogP) is 1.42. The van der Waals surface area contributed by atoms with Gasteiger partial charge in [0.25, 0.3) is 0 Å². The van der Waals surface area contributed by atoms with Gasteiger partial charge in [-0.05, 0) is 24.5 Å². The number of phenolic OH excluding ortho intramolecular Hbond substituents is 1. The molecule has 0 aromatic heterocycles. The van der Waals surface area contributed by atoms with Crippen LogP contribution in [0.4, 0.5) is 5.69 Å². The van der Waals surface area contributed by atoms with Crippen molar-refractivity contribution >= 4 is 11.6 Å². The lowest BCUT2D eigenvalue weighted by Gasteiger charge is -2.14. The summed E-state index contributed by atoms with van der Waals surface area (Å²) >= 11 is 0. The van der Waals surface area contributed by atoms with Crippen LogP contribution in [-0.4, -0.2) is 21.7 Å². The Kier molecular flexibility index (Phi) is 2.59. The van der Waals surface area contributed by atoms with Crippen LogP contribution in [0.5, 0.6) is 5.75 Å². The van der Waals surface area contributed by atoms with Crippen LogP contribution in [0.15, 0.2) is 18.2 Å². The van der Waals surface area contributed by atoms with E-state index in [4.69, 9.17) is 0 Å². The zero-order chi connectivity index (χ0) is 11.8. The Morgan fingerprint density at radius 3 is 2.75 bits per heavy atom. The van der Waals surface area contributed by atoms with Crippen molar-refractivity contribution in [2.45, 2.75) is 31.8 Å². The first-order chi connectivity index (χ1) is 7.50. The van der Waals surface area contributed by atoms with Crippen LogP contribution >= 0.6 is 0 Å². The summed E-state index contributed by atoms with van der Waals surface area (Å²) in [4.78, 5) is 11.0. The average Bonchev–Trinajstić information content (AvgIpc) is 2.89. The van der Waals surface area contributed by atoms with Gasteiger partial charge in [-0.25, -0.2) is 0 Å². The molecular formula is C12H15NO3. The molecule has 0 unspecified atom stereocenters. The molecular weight excluding hydrogens is 206 g/mol. The lowest BCUT2D eigenvalue weighted by atomic mass is 10.0. The molecule has 86 valence electrons. The van der Waals surface area contributed by atoms with Gasteiger partial charge in [-0.1, -0.05) is 12.1 Å². The first kappa shape index (κ1) is 11.0. The quantitative estimate of drug-likeness (QED) is 0.676. The minimum atomic E-state index is -0.638. The minimum Gasteiger partial charge on any atom is -0.506 e. The largest absolute Gasteiger partial charge is 0.506 e. The van der Waals surface area contributed by atoms with E-state index in [1.165, 1.54) is 13.0 Å². The zero-order valence-electron chi connectivity index (χ0n) is 9.16. The van der Waals surface area contributed by atoms with Crippen LogP contribution in [-0.2, 0) is 11.2 Å². The van der Waals surface area contributed by atoms with E-state index in [-0.39, 0.29) is 11.7 Å². The SMILES string of the molecule is CC(=O)Nc1c(O)cccc1CC1(O)CC1. The molecule has 1 aliphatic rings. The Labute approximate surface area is 93.9 Å². The molecule has 0 atom stereocenters. The number of hydrogen-bond donors (Lipinski definition) is 3. The molecule has 3 N–H and O–H groups in total. The normalized spacial score (nSPS) is 16.9. The maximum atomic E-state index is 11.0. The lowest BCUT2D eigenvalue weighted by Crippen LogP contribution is -2.14. The molecule has 1 fully saturated rings. The van der Waals surface area contributed by atoms with Crippen LogP contribution in [0.3, 0.4) is 0 Å². The summed E-state index contributed by atoms with van der Waals surface area (Å²) in [7, 11) is 0. The first-order valence-corrected chi connectivity index (χ1v) is 5.31. The molecule has 4 heteroatoms. The second-order valence-corrected chi connectivity index (χ2v) is 4.39. The first-order valence-electron chi connectivity index (χ1n) is 5.31. The van der Waals surface area contributed by atoms with Crippen LogP contribution < -0.4 is 5.32 Å². The van der Waals surface area contributed by atoms with Gasteiger partial charge in [-0.3, -0.25) is 4.79 Å². The number of aliphatic hydroxyl groups is 1. The van der Waals surface area contributed by atoms with Crippen molar-refractivity contribution in [2.75, 3.05) is 5.32 Å². The van der Waals surface area contributed by atoms with E-state index in [2.05, 4.69) is 5.32 Å². The highest BCUT2D eigenvalue weighted by molar-refractivity contribution is 5.91. The number of carbonyl (C=O) groups is 1. The summed E-state index contributed by atoms with van der Waals surface area (Å²) < 4.78 is 0. The standard InChI is InChI=1S/C12H15NO3/c1-8(14)13-11-9(3-2-4-10(11)15)7-12(16)5-6-12/h2-4,15-16H,5-7H2,1H3,(H,13,14). The monoisotopic (exact) mass is 221 g/mol. The van der Waals surface area contributed by atoms with Crippen molar-refractivity contribution in [3.05, 3.63) is 23.8 Å². The number of carbonyl (C=O) groups excluding carboxylic acids is 1. The molecule has 1 amide bonds. The summed E-state index contributed by atoms with van der Waals surface area (Å²) in [6, 6.07) is 5.04. The van der Waals surface area contributed by atoms with Crippen molar-refractivity contribution in [2.24, 2.45) is 0 Å². The van der Waals surface area contributed by atoms with E-state index in [9.17, 15) is 15.0 Å². The maximum absolute atomic E-state index is 11.0. The molecule has 0 aliphatic heterocycles. The molecule has 0 bridgehead atoms. The summed E-state index contributed by atoms with van der Waals surface area (Å²) in [5.41, 5.74) is 0.548. The topological polar surface area (TPSA) is 69.6 Å². The third-order valence-corrected chi connectivity index (χ3v) is 2.78. The van der Waals surface area contributed by atoms with Crippen LogP contribution in [0.25, 0.3) is 0 Å². The Bertz CT molecular complexity index is 424. The molecule has 1 aromatic carbocycles. The van der Waals surface area contributed by atoms with Crippen LogP contribution in [0, 0.1) is 0 Å². The van der Waals surface area contributed by atoms with Gasteiger partial charge < -0.3 is 15.5 Å². The lowest BCUT2D eigenvalue weighted by molar-refractivity contribution is -0.114. The van der Waals surface area contributed by atoms with Gasteiger partial charge in [0.1, 0.15) is 5.75 Å². The summed E-state index contributed by atoms with van der Waals surface area (Å²) in [5.74, 6) is -0.192. The number of amides is 1. The van der Waals surface area contributed by atoms with Gasteiger partial charge in [0, 0.05) is 13.3 Å². The molecule has 2 rings (SSSR count). The Morgan fingerprint density at radius 1 is 1.50 bits per heavy atom. The molecule has 0 spiro atoms. The summed E-state index contributed by atoms with van der Waals surface area (Å²) in [6.07, 6.45) is 2.03. The Balaban J connectivity index is 2.28. The fourth-order valence-corrected chi connectivity index (χ4v) is 1.73. The van der Waals surface area contributed by atoms with E-state index >= 15 is 0 Å². The van der Waals surface area contributed by atoms with Gasteiger partial charge >= 0.3 is 0 Å². The number of phenols is 1. The fourth-order valence-electron chi connectivity index (χ4n) is 1.73. The number of nitrogens with one attached hydrogen (secondary N) is 1. The highest BCUT2D eigenvalue weighted by Crippen LogP contribution is 2.41. The smallest absolute Gasteiger partial charge is 0.221 e. The van der Waals surface area contributed by atoms with Gasteiger partial charge in [-0.15, -0.1) is 0 Å². The van der Waals surface area contributed by atoms with Crippen molar-refractivity contribution in [1.82, 2.24) is 0 Å². The fraction of sp³-hybridized carbons (Fsp3) is 0.417. The third kappa shape index (κ3) is 2.33. The summed E-state index contributed by atoms with van der Waals surface area (Å²) in [6.45, 7) is 1.39. The van der Waals surface area contributed by atoms with E-state index in [1.807, 2.05) is 0 Å². The van der Waals surface area contributed by atoms with Gasteiger partial charge in [0.15, 0.2) is 0 Å². The number of aromatic hydroxyl groups is 1. The number of anilines is 1. The molecule has 0 radical (unpaired) electrons. The number of hydrogen-bond acceptors (Lipinski definition) is 3. The van der Waals surface area contributed by atoms with Crippen LogP contribution in [0.1, 0.15) is 25.3 Å². The second kappa shape index (κ2) is 3.79. The Morgan fingerprint density at radius 2 is 2.19 bits per heavy atom. The van der Waals surface area contributed by atoms with Gasteiger partial charge in [-0.2, -0.15) is 0 Å². The van der Waals surface area contributed by atoms with Gasteiger partial charge in [0.05, 0.1) is 11.3 Å². The van der Waals surface area contributed by atoms with Gasteiger partial charge in [0.2, 0.25) is 5.91 Å². The van der Waals surface area contributed by atoms with Crippen molar-refractivity contribution in [3.8, 4) is 5.75 Å². The molecule has 1 saturated carbocycles.